The van der Waals surface area contributed by atoms with Gasteiger partial charge in [-0.1, -0.05) is 24.6 Å². The van der Waals surface area contributed by atoms with Gasteiger partial charge < -0.3 is 9.64 Å². The number of piperidine rings is 1. The van der Waals surface area contributed by atoms with Gasteiger partial charge in [0.05, 0.1) is 26.2 Å². The van der Waals surface area contributed by atoms with Gasteiger partial charge in [-0.3, -0.25) is 0 Å². The van der Waals surface area contributed by atoms with E-state index >= 15 is 0 Å². The van der Waals surface area contributed by atoms with Gasteiger partial charge >= 0.3 is 0 Å². The van der Waals surface area contributed by atoms with E-state index in [1.807, 2.05) is 24.3 Å². The van der Waals surface area contributed by atoms with Crippen LogP contribution in [0.5, 0.6) is 5.75 Å². The van der Waals surface area contributed by atoms with Crippen molar-refractivity contribution in [3.8, 4) is 5.75 Å². The third-order valence-electron chi connectivity index (χ3n) is 4.22. The predicted molar refractivity (Wildman–Crippen MR) is 84.8 cm³/mol. The highest BCUT2D eigenvalue weighted by atomic mass is 35.5. The minimum absolute atomic E-state index is 0.741. The molecule has 0 atom stereocenters. The minimum atomic E-state index is 0.741. The Morgan fingerprint density at radius 1 is 1.20 bits per heavy atom. The Bertz CT molecular complexity index is 388. The summed E-state index contributed by atoms with van der Waals surface area (Å²) < 4.78 is 5.70. The van der Waals surface area contributed by atoms with E-state index in [1.165, 1.54) is 45.3 Å². The van der Waals surface area contributed by atoms with Crippen LogP contribution in [0.15, 0.2) is 24.3 Å². The SMILES string of the molecule is CC1CC[NH+](CCCCCOc2cccc(Cl)c2)CC1. The number of quaternary nitrogens is 1. The van der Waals surface area contributed by atoms with Crippen molar-refractivity contribution >= 4 is 11.6 Å². The molecule has 1 aromatic rings. The third kappa shape index (κ3) is 5.72. The lowest BCUT2D eigenvalue weighted by Crippen LogP contribution is -3.13. The maximum atomic E-state index is 5.92. The zero-order valence-corrected chi connectivity index (χ0v) is 13.3. The Morgan fingerprint density at radius 3 is 2.75 bits per heavy atom. The van der Waals surface area contributed by atoms with Crippen molar-refractivity contribution in [1.29, 1.82) is 0 Å². The van der Waals surface area contributed by atoms with Gasteiger partial charge in [-0.2, -0.15) is 0 Å². The standard InChI is InChI=1S/C17H26ClNO/c1-15-8-11-19(12-9-15)10-3-2-4-13-20-17-7-5-6-16(18)14-17/h5-7,14-15H,2-4,8-13H2,1H3/p+1. The van der Waals surface area contributed by atoms with E-state index < -0.39 is 0 Å². The molecule has 2 rings (SSSR count). The summed E-state index contributed by atoms with van der Waals surface area (Å²) in [4.78, 5) is 1.80. The Balaban J connectivity index is 1.49. The highest BCUT2D eigenvalue weighted by Crippen LogP contribution is 2.17. The molecule has 0 unspecified atom stereocenters. The lowest BCUT2D eigenvalue weighted by atomic mass is 9.99. The van der Waals surface area contributed by atoms with Crippen LogP contribution in [-0.4, -0.2) is 26.2 Å². The summed E-state index contributed by atoms with van der Waals surface area (Å²) in [5.41, 5.74) is 0. The van der Waals surface area contributed by atoms with E-state index in [1.54, 1.807) is 4.90 Å². The van der Waals surface area contributed by atoms with Crippen LogP contribution < -0.4 is 9.64 Å². The maximum Gasteiger partial charge on any atom is 0.120 e. The van der Waals surface area contributed by atoms with Crippen molar-refractivity contribution < 1.29 is 9.64 Å². The van der Waals surface area contributed by atoms with E-state index in [4.69, 9.17) is 16.3 Å². The van der Waals surface area contributed by atoms with Gasteiger partial charge in [0.15, 0.2) is 0 Å². The Kier molecular flexibility index (Phi) is 6.68. The first-order valence-corrected chi connectivity index (χ1v) is 8.34. The molecule has 1 aliphatic heterocycles. The number of ether oxygens (including phenoxy) is 1. The second-order valence-corrected chi connectivity index (χ2v) is 6.49. The van der Waals surface area contributed by atoms with E-state index in [9.17, 15) is 0 Å². The van der Waals surface area contributed by atoms with Crippen molar-refractivity contribution in [1.82, 2.24) is 0 Å². The number of hydrogen-bond donors (Lipinski definition) is 1. The number of hydrogen-bond acceptors (Lipinski definition) is 1. The lowest BCUT2D eigenvalue weighted by molar-refractivity contribution is -0.906. The van der Waals surface area contributed by atoms with Crippen molar-refractivity contribution in [2.75, 3.05) is 26.2 Å². The molecule has 2 nitrogen and oxygen atoms in total. The Hall–Kier alpha value is -0.730. The molecule has 1 fully saturated rings. The molecule has 0 spiro atoms. The molecule has 3 heteroatoms. The van der Waals surface area contributed by atoms with Gasteiger partial charge in [0.25, 0.3) is 0 Å². The lowest BCUT2D eigenvalue weighted by Gasteiger charge is -2.27. The van der Waals surface area contributed by atoms with E-state index in [2.05, 4.69) is 6.92 Å². The molecule has 0 amide bonds. The molecular formula is C17H27ClNO+. The first-order valence-electron chi connectivity index (χ1n) is 7.96. The summed E-state index contributed by atoms with van der Waals surface area (Å²) >= 11 is 5.92. The number of likely N-dealkylation sites (tertiary alicyclic amines) is 1. The highest BCUT2D eigenvalue weighted by Gasteiger charge is 2.17. The van der Waals surface area contributed by atoms with Gasteiger partial charge in [0.2, 0.25) is 0 Å². The van der Waals surface area contributed by atoms with Crippen LogP contribution in [0.25, 0.3) is 0 Å². The zero-order valence-electron chi connectivity index (χ0n) is 12.5. The molecule has 1 saturated heterocycles. The van der Waals surface area contributed by atoms with Gasteiger partial charge in [-0.15, -0.1) is 0 Å². The monoisotopic (exact) mass is 296 g/mol. The minimum Gasteiger partial charge on any atom is -0.494 e. The third-order valence-corrected chi connectivity index (χ3v) is 4.46. The average Bonchev–Trinajstić information content (AvgIpc) is 2.45. The molecule has 0 radical (unpaired) electrons. The second-order valence-electron chi connectivity index (χ2n) is 6.05. The molecule has 0 saturated carbocycles. The van der Waals surface area contributed by atoms with Gasteiger partial charge in [-0.25, -0.2) is 0 Å². The van der Waals surface area contributed by atoms with E-state index in [-0.39, 0.29) is 0 Å². The summed E-state index contributed by atoms with van der Waals surface area (Å²) in [6.07, 6.45) is 6.54. The van der Waals surface area contributed by atoms with Crippen molar-refractivity contribution in [2.45, 2.75) is 39.0 Å². The summed E-state index contributed by atoms with van der Waals surface area (Å²) in [5.74, 6) is 1.83. The number of unbranched alkanes of at least 4 members (excludes halogenated alkanes) is 2. The van der Waals surface area contributed by atoms with Crippen LogP contribution in [0.1, 0.15) is 39.0 Å². The summed E-state index contributed by atoms with van der Waals surface area (Å²) in [7, 11) is 0. The quantitative estimate of drug-likeness (QED) is 0.763. The Morgan fingerprint density at radius 2 is 2.00 bits per heavy atom. The first kappa shape index (κ1) is 15.7. The topological polar surface area (TPSA) is 13.7 Å². The number of rotatable bonds is 7. The molecule has 20 heavy (non-hydrogen) atoms. The molecule has 1 aliphatic rings. The van der Waals surface area contributed by atoms with Crippen LogP contribution in [0.3, 0.4) is 0 Å². The summed E-state index contributed by atoms with van der Waals surface area (Å²) in [6, 6.07) is 7.64. The smallest absolute Gasteiger partial charge is 0.120 e. The van der Waals surface area contributed by atoms with Crippen molar-refractivity contribution in [3.05, 3.63) is 29.3 Å². The highest BCUT2D eigenvalue weighted by molar-refractivity contribution is 6.30. The molecule has 0 aromatic heterocycles. The molecule has 1 N–H and O–H groups in total. The van der Waals surface area contributed by atoms with E-state index in [0.29, 0.717) is 0 Å². The van der Waals surface area contributed by atoms with Crippen LogP contribution in [0.2, 0.25) is 5.02 Å². The zero-order chi connectivity index (χ0) is 14.2. The van der Waals surface area contributed by atoms with E-state index in [0.717, 1.165) is 29.7 Å². The fraction of sp³-hybridized carbons (Fsp3) is 0.647. The summed E-state index contributed by atoms with van der Waals surface area (Å²) in [5, 5.41) is 0.741. The predicted octanol–water partition coefficient (Wildman–Crippen LogP) is 3.20. The van der Waals surface area contributed by atoms with Crippen molar-refractivity contribution in [3.63, 3.8) is 0 Å². The molecule has 112 valence electrons. The largest absolute Gasteiger partial charge is 0.494 e. The molecule has 0 bridgehead atoms. The van der Waals surface area contributed by atoms with Crippen molar-refractivity contribution in [2.24, 2.45) is 5.92 Å². The fourth-order valence-electron chi connectivity index (χ4n) is 2.82. The number of halogens is 1. The Labute approximate surface area is 128 Å². The maximum absolute atomic E-state index is 5.92. The molecule has 1 heterocycles. The molecule has 0 aliphatic carbocycles. The van der Waals surface area contributed by atoms with Gasteiger partial charge in [-0.05, 0) is 56.2 Å². The summed E-state index contributed by atoms with van der Waals surface area (Å²) in [6.45, 7) is 7.26. The second kappa shape index (κ2) is 8.53. The normalized spacial score (nSPS) is 22.7. The van der Waals surface area contributed by atoms with Crippen LogP contribution in [0.4, 0.5) is 0 Å². The van der Waals surface area contributed by atoms with Crippen LogP contribution in [0, 0.1) is 5.92 Å². The van der Waals surface area contributed by atoms with Crippen LogP contribution in [-0.2, 0) is 0 Å². The number of nitrogens with one attached hydrogen (secondary N) is 1. The fourth-order valence-corrected chi connectivity index (χ4v) is 3.00. The van der Waals surface area contributed by atoms with Gasteiger partial charge in [0.1, 0.15) is 5.75 Å². The average molecular weight is 297 g/mol. The first-order chi connectivity index (χ1) is 9.74. The van der Waals surface area contributed by atoms with Crippen LogP contribution >= 0.6 is 11.6 Å². The van der Waals surface area contributed by atoms with Gasteiger partial charge in [0, 0.05) is 5.02 Å². The number of benzene rings is 1. The molecular weight excluding hydrogens is 270 g/mol. The molecule has 1 aromatic carbocycles.